The molecule has 1 N–H and O–H groups in total. The average molecular weight is 298 g/mol. The topological polar surface area (TPSA) is 50.8 Å². The number of hydrogen-bond acceptors (Lipinski definition) is 4. The molecular formula is C16H30N2O3. The summed E-state index contributed by atoms with van der Waals surface area (Å²) >= 11 is 0. The molecule has 122 valence electrons. The molecule has 21 heavy (non-hydrogen) atoms. The zero-order chi connectivity index (χ0) is 15.7. The molecule has 2 saturated heterocycles. The van der Waals surface area contributed by atoms with Gasteiger partial charge in [0.15, 0.2) is 0 Å². The molecule has 2 fully saturated rings. The molecule has 1 spiro atoms. The Hall–Kier alpha value is -0.810. The second kappa shape index (κ2) is 5.76. The molecule has 2 aliphatic heterocycles. The molecule has 5 nitrogen and oxygen atoms in total. The van der Waals surface area contributed by atoms with E-state index in [2.05, 4.69) is 19.2 Å². The number of nitrogens with zero attached hydrogens (tertiary/aromatic N) is 1. The molecule has 0 saturated carbocycles. The highest BCUT2D eigenvalue weighted by Gasteiger charge is 2.42. The molecule has 0 aromatic heterocycles. The van der Waals surface area contributed by atoms with Crippen LogP contribution in [0, 0.1) is 0 Å². The van der Waals surface area contributed by atoms with Crippen molar-refractivity contribution in [1.82, 2.24) is 10.2 Å². The van der Waals surface area contributed by atoms with E-state index in [1.807, 2.05) is 25.7 Å². The van der Waals surface area contributed by atoms with Crippen LogP contribution in [0.5, 0.6) is 0 Å². The zero-order valence-corrected chi connectivity index (χ0v) is 14.1. The predicted octanol–water partition coefficient (Wildman–Crippen LogP) is 2.54. The van der Waals surface area contributed by atoms with Crippen molar-refractivity contribution in [1.29, 1.82) is 0 Å². The molecule has 1 amide bonds. The van der Waals surface area contributed by atoms with Gasteiger partial charge >= 0.3 is 6.09 Å². The van der Waals surface area contributed by atoms with Crippen LogP contribution < -0.4 is 5.32 Å². The van der Waals surface area contributed by atoms with Crippen LogP contribution >= 0.6 is 0 Å². The third-order valence-electron chi connectivity index (χ3n) is 4.04. The minimum Gasteiger partial charge on any atom is -0.444 e. The smallest absolute Gasteiger partial charge is 0.410 e. The molecule has 0 aliphatic carbocycles. The monoisotopic (exact) mass is 298 g/mol. The summed E-state index contributed by atoms with van der Waals surface area (Å²) in [4.78, 5) is 14.0. The van der Waals surface area contributed by atoms with Gasteiger partial charge in [-0.25, -0.2) is 4.79 Å². The number of ether oxygens (including phenoxy) is 2. The van der Waals surface area contributed by atoms with Crippen molar-refractivity contribution in [2.24, 2.45) is 0 Å². The minimum absolute atomic E-state index is 0.140. The van der Waals surface area contributed by atoms with Crippen LogP contribution in [-0.4, -0.2) is 54.0 Å². The Balaban J connectivity index is 1.97. The fraction of sp³-hybridized carbons (Fsp3) is 0.938. The van der Waals surface area contributed by atoms with E-state index >= 15 is 0 Å². The van der Waals surface area contributed by atoms with Gasteiger partial charge in [0.25, 0.3) is 0 Å². The fourth-order valence-corrected chi connectivity index (χ4v) is 3.21. The van der Waals surface area contributed by atoms with Crippen molar-refractivity contribution in [3.63, 3.8) is 0 Å². The van der Waals surface area contributed by atoms with Crippen LogP contribution in [0.15, 0.2) is 0 Å². The van der Waals surface area contributed by atoms with Gasteiger partial charge in [0.1, 0.15) is 5.60 Å². The first-order chi connectivity index (χ1) is 9.61. The Morgan fingerprint density at radius 1 is 1.19 bits per heavy atom. The van der Waals surface area contributed by atoms with Crippen molar-refractivity contribution in [2.75, 3.05) is 26.2 Å². The summed E-state index contributed by atoms with van der Waals surface area (Å²) in [7, 11) is 0. The Morgan fingerprint density at radius 2 is 1.90 bits per heavy atom. The number of carbonyl (C=O) groups excluding carboxylic acids is 1. The summed E-state index contributed by atoms with van der Waals surface area (Å²) < 4.78 is 11.8. The van der Waals surface area contributed by atoms with Gasteiger partial charge < -0.3 is 19.7 Å². The Morgan fingerprint density at radius 3 is 2.52 bits per heavy atom. The van der Waals surface area contributed by atoms with E-state index in [1.165, 1.54) is 0 Å². The Bertz CT molecular complexity index is 389. The van der Waals surface area contributed by atoms with Crippen molar-refractivity contribution < 1.29 is 14.3 Å². The first-order valence-corrected chi connectivity index (χ1v) is 8.00. The lowest BCUT2D eigenvalue weighted by molar-refractivity contribution is -0.166. The number of carbonyl (C=O) groups is 1. The van der Waals surface area contributed by atoms with Gasteiger partial charge in [0, 0.05) is 26.2 Å². The van der Waals surface area contributed by atoms with Gasteiger partial charge in [-0.05, 0) is 53.9 Å². The highest BCUT2D eigenvalue weighted by Crippen LogP contribution is 2.33. The van der Waals surface area contributed by atoms with E-state index in [4.69, 9.17) is 9.47 Å². The summed E-state index contributed by atoms with van der Waals surface area (Å²) in [5.74, 6) is 0. The maximum absolute atomic E-state index is 12.2. The first-order valence-electron chi connectivity index (χ1n) is 8.00. The van der Waals surface area contributed by atoms with Crippen molar-refractivity contribution in [2.45, 2.75) is 70.7 Å². The molecule has 1 atom stereocenters. The number of hydrogen-bond donors (Lipinski definition) is 1. The van der Waals surface area contributed by atoms with Crippen LogP contribution in [0.2, 0.25) is 0 Å². The molecule has 0 bridgehead atoms. The second-order valence-electron chi connectivity index (χ2n) is 7.97. The molecule has 2 rings (SSSR count). The van der Waals surface area contributed by atoms with E-state index in [1.54, 1.807) is 0 Å². The van der Waals surface area contributed by atoms with Gasteiger partial charge in [-0.15, -0.1) is 0 Å². The van der Waals surface area contributed by atoms with Crippen LogP contribution in [0.25, 0.3) is 0 Å². The molecule has 0 aromatic rings. The number of nitrogens with one attached hydrogen (secondary N) is 1. The largest absolute Gasteiger partial charge is 0.444 e. The van der Waals surface area contributed by atoms with E-state index in [0.29, 0.717) is 6.54 Å². The summed E-state index contributed by atoms with van der Waals surface area (Å²) in [5, 5.41) is 3.49. The van der Waals surface area contributed by atoms with Crippen molar-refractivity contribution in [3.8, 4) is 0 Å². The van der Waals surface area contributed by atoms with Gasteiger partial charge in [-0.1, -0.05) is 0 Å². The van der Waals surface area contributed by atoms with Crippen LogP contribution in [0.3, 0.4) is 0 Å². The first kappa shape index (κ1) is 16.6. The van der Waals surface area contributed by atoms with E-state index < -0.39 is 5.60 Å². The van der Waals surface area contributed by atoms with Gasteiger partial charge in [0.2, 0.25) is 0 Å². The Kier molecular flexibility index (Phi) is 4.54. The van der Waals surface area contributed by atoms with E-state index in [9.17, 15) is 4.79 Å². The van der Waals surface area contributed by atoms with E-state index in [-0.39, 0.29) is 17.3 Å². The zero-order valence-electron chi connectivity index (χ0n) is 14.1. The Labute approximate surface area is 128 Å². The van der Waals surface area contributed by atoms with Crippen molar-refractivity contribution in [3.05, 3.63) is 0 Å². The van der Waals surface area contributed by atoms with Crippen LogP contribution in [-0.2, 0) is 9.47 Å². The minimum atomic E-state index is -0.439. The lowest BCUT2D eigenvalue weighted by Crippen LogP contribution is -2.58. The highest BCUT2D eigenvalue weighted by atomic mass is 16.6. The normalized spacial score (nSPS) is 30.0. The molecule has 0 radical (unpaired) electrons. The molecule has 1 unspecified atom stereocenters. The maximum atomic E-state index is 12.2. The quantitative estimate of drug-likeness (QED) is 0.746. The van der Waals surface area contributed by atoms with Gasteiger partial charge in [0.05, 0.1) is 11.2 Å². The van der Waals surface area contributed by atoms with Crippen LogP contribution in [0.4, 0.5) is 4.79 Å². The van der Waals surface area contributed by atoms with Crippen molar-refractivity contribution >= 4 is 6.09 Å². The molecule has 2 aliphatic rings. The number of amides is 1. The predicted molar refractivity (Wildman–Crippen MR) is 82.4 cm³/mol. The summed E-state index contributed by atoms with van der Waals surface area (Å²) in [5.41, 5.74) is -0.718. The maximum Gasteiger partial charge on any atom is 0.410 e. The second-order valence-corrected chi connectivity index (χ2v) is 7.97. The number of likely N-dealkylation sites (tertiary alicyclic amines) is 1. The van der Waals surface area contributed by atoms with Gasteiger partial charge in [-0.3, -0.25) is 0 Å². The summed E-state index contributed by atoms with van der Waals surface area (Å²) in [6, 6.07) is 0. The SMILES string of the molecule is CC(C)(C)OC(=O)N1CCCC2(CC1)CNCC(C)(C)O2. The van der Waals surface area contributed by atoms with Gasteiger partial charge in [-0.2, -0.15) is 0 Å². The van der Waals surface area contributed by atoms with Crippen LogP contribution in [0.1, 0.15) is 53.9 Å². The average Bonchev–Trinajstić information content (AvgIpc) is 2.48. The lowest BCUT2D eigenvalue weighted by atomic mass is 9.90. The standard InChI is InChI=1S/C16H30N2O3/c1-14(2,3)20-13(19)18-9-6-7-16(8-10-18)12-17-11-15(4,5)21-16/h17H,6-12H2,1-5H3. The lowest BCUT2D eigenvalue weighted by Gasteiger charge is -2.45. The number of rotatable bonds is 0. The fourth-order valence-electron chi connectivity index (χ4n) is 3.21. The highest BCUT2D eigenvalue weighted by molar-refractivity contribution is 5.68. The molecular weight excluding hydrogens is 268 g/mol. The number of morpholine rings is 1. The molecule has 5 heteroatoms. The van der Waals surface area contributed by atoms with E-state index in [0.717, 1.165) is 38.9 Å². The third-order valence-corrected chi connectivity index (χ3v) is 4.04. The molecule has 0 aromatic carbocycles. The molecule has 2 heterocycles. The summed E-state index contributed by atoms with van der Waals surface area (Å²) in [6.45, 7) is 13.2. The third kappa shape index (κ3) is 4.58. The summed E-state index contributed by atoms with van der Waals surface area (Å²) in [6.07, 6.45) is 2.60.